The summed E-state index contributed by atoms with van der Waals surface area (Å²) in [6.45, 7) is 1.54. The molecule has 0 amide bonds. The largest absolute Gasteiger partial charge is 0.465 e. The predicted molar refractivity (Wildman–Crippen MR) is 96.9 cm³/mol. The normalized spacial score (nSPS) is 10.8. The maximum atomic E-state index is 12.9. The molecule has 2 heterocycles. The van der Waals surface area contributed by atoms with E-state index in [2.05, 4.69) is 4.98 Å². The molecule has 0 aliphatic heterocycles. The van der Waals surface area contributed by atoms with Gasteiger partial charge in [0.05, 0.1) is 18.5 Å². The van der Waals surface area contributed by atoms with Gasteiger partial charge >= 0.3 is 11.7 Å². The topological polar surface area (TPSA) is 109 Å². The van der Waals surface area contributed by atoms with Crippen molar-refractivity contribution in [3.63, 3.8) is 0 Å². The molecule has 0 unspecified atom stereocenters. The second kappa shape index (κ2) is 7.22. The van der Waals surface area contributed by atoms with Crippen molar-refractivity contribution < 1.29 is 9.53 Å². The Kier molecular flexibility index (Phi) is 4.83. The number of hydrogen-bond acceptors (Lipinski definition) is 6. The number of ether oxygens (including phenoxy) is 1. The standard InChI is InChI=1S/C18H18N4O4/c1-2-26-15(23)11-22-17(24)14-7-4-8-20-16(14)21(18(22)25)10-12-5-3-6-13(19)9-12/h3-9H,2,10-11,19H2,1H3. The first-order valence-corrected chi connectivity index (χ1v) is 8.09. The lowest BCUT2D eigenvalue weighted by molar-refractivity contribution is -0.143. The minimum Gasteiger partial charge on any atom is -0.465 e. The number of pyridine rings is 1. The SMILES string of the molecule is CCOC(=O)Cn1c(=O)c2cccnc2n(Cc2cccc(N)c2)c1=O. The number of nitrogens with two attached hydrogens (primary N) is 1. The summed E-state index contributed by atoms with van der Waals surface area (Å²) in [6, 6.07) is 10.3. The molecule has 3 rings (SSSR count). The van der Waals surface area contributed by atoms with Gasteiger partial charge in [0.1, 0.15) is 12.2 Å². The Morgan fingerprint density at radius 3 is 2.73 bits per heavy atom. The van der Waals surface area contributed by atoms with Gasteiger partial charge in [-0.05, 0) is 36.8 Å². The van der Waals surface area contributed by atoms with E-state index in [1.807, 2.05) is 6.07 Å². The third-order valence-electron chi connectivity index (χ3n) is 3.86. The van der Waals surface area contributed by atoms with Gasteiger partial charge in [-0.15, -0.1) is 0 Å². The van der Waals surface area contributed by atoms with Gasteiger partial charge in [0.15, 0.2) is 0 Å². The van der Waals surface area contributed by atoms with E-state index in [4.69, 9.17) is 10.5 Å². The number of benzene rings is 1. The smallest absolute Gasteiger partial charge is 0.333 e. The van der Waals surface area contributed by atoms with Crippen LogP contribution in [0.2, 0.25) is 0 Å². The lowest BCUT2D eigenvalue weighted by Gasteiger charge is -2.13. The molecule has 0 bridgehead atoms. The molecule has 0 spiro atoms. The molecule has 2 aromatic heterocycles. The molecule has 0 radical (unpaired) electrons. The van der Waals surface area contributed by atoms with E-state index in [0.29, 0.717) is 5.69 Å². The molecular formula is C18H18N4O4. The Morgan fingerprint density at radius 2 is 2.00 bits per heavy atom. The fraction of sp³-hybridized carbons (Fsp3) is 0.222. The maximum Gasteiger partial charge on any atom is 0.333 e. The van der Waals surface area contributed by atoms with Crippen molar-refractivity contribution in [3.8, 4) is 0 Å². The van der Waals surface area contributed by atoms with Gasteiger partial charge in [-0.1, -0.05) is 12.1 Å². The summed E-state index contributed by atoms with van der Waals surface area (Å²) in [4.78, 5) is 41.5. The Balaban J connectivity index is 2.19. The van der Waals surface area contributed by atoms with Crippen LogP contribution in [0, 0.1) is 0 Å². The van der Waals surface area contributed by atoms with Crippen LogP contribution in [0.15, 0.2) is 52.2 Å². The highest BCUT2D eigenvalue weighted by atomic mass is 16.5. The molecular weight excluding hydrogens is 336 g/mol. The van der Waals surface area contributed by atoms with Crippen molar-refractivity contribution in [3.05, 3.63) is 69.0 Å². The lowest BCUT2D eigenvalue weighted by atomic mass is 10.2. The van der Waals surface area contributed by atoms with E-state index in [-0.39, 0.29) is 24.2 Å². The minimum absolute atomic E-state index is 0.167. The molecule has 0 atom stereocenters. The average molecular weight is 354 g/mol. The lowest BCUT2D eigenvalue weighted by Crippen LogP contribution is -2.42. The highest BCUT2D eigenvalue weighted by Crippen LogP contribution is 2.10. The van der Waals surface area contributed by atoms with Crippen molar-refractivity contribution >= 4 is 22.7 Å². The average Bonchev–Trinajstić information content (AvgIpc) is 2.62. The van der Waals surface area contributed by atoms with Crippen molar-refractivity contribution in [1.82, 2.24) is 14.1 Å². The molecule has 2 N–H and O–H groups in total. The second-order valence-electron chi connectivity index (χ2n) is 5.68. The van der Waals surface area contributed by atoms with E-state index >= 15 is 0 Å². The molecule has 0 aliphatic rings. The van der Waals surface area contributed by atoms with Gasteiger partial charge in [0.2, 0.25) is 0 Å². The first-order chi connectivity index (χ1) is 12.5. The number of hydrogen-bond donors (Lipinski definition) is 1. The van der Waals surface area contributed by atoms with Crippen LogP contribution in [-0.2, 0) is 22.6 Å². The Labute approximate surface area is 148 Å². The molecule has 26 heavy (non-hydrogen) atoms. The van der Waals surface area contributed by atoms with Crippen LogP contribution in [0.1, 0.15) is 12.5 Å². The molecule has 8 heteroatoms. The van der Waals surface area contributed by atoms with Crippen LogP contribution in [0.25, 0.3) is 11.0 Å². The highest BCUT2D eigenvalue weighted by Gasteiger charge is 2.17. The number of carbonyl (C=O) groups excluding carboxylic acids is 1. The van der Waals surface area contributed by atoms with Crippen molar-refractivity contribution in [2.45, 2.75) is 20.0 Å². The van der Waals surface area contributed by atoms with Crippen molar-refractivity contribution in [2.24, 2.45) is 0 Å². The molecule has 8 nitrogen and oxygen atoms in total. The van der Waals surface area contributed by atoms with Gasteiger partial charge in [0, 0.05) is 11.9 Å². The zero-order chi connectivity index (χ0) is 18.7. The fourth-order valence-electron chi connectivity index (χ4n) is 2.74. The number of rotatable bonds is 5. The number of fused-ring (bicyclic) bond motifs is 1. The van der Waals surface area contributed by atoms with Gasteiger partial charge in [-0.25, -0.2) is 14.3 Å². The molecule has 0 fully saturated rings. The monoisotopic (exact) mass is 354 g/mol. The van der Waals surface area contributed by atoms with E-state index in [0.717, 1.165) is 10.1 Å². The number of aromatic nitrogens is 3. The summed E-state index contributed by atoms with van der Waals surface area (Å²) in [5.41, 5.74) is 6.19. The molecule has 134 valence electrons. The summed E-state index contributed by atoms with van der Waals surface area (Å²) in [7, 11) is 0. The molecule has 0 saturated carbocycles. The van der Waals surface area contributed by atoms with Gasteiger partial charge < -0.3 is 10.5 Å². The quantitative estimate of drug-likeness (QED) is 0.535. The number of anilines is 1. The summed E-state index contributed by atoms with van der Waals surface area (Å²) in [6.07, 6.45) is 1.51. The van der Waals surface area contributed by atoms with Crippen LogP contribution in [-0.4, -0.2) is 26.7 Å². The Hall–Kier alpha value is -3.42. The van der Waals surface area contributed by atoms with Crippen LogP contribution in [0.5, 0.6) is 0 Å². The highest BCUT2D eigenvalue weighted by molar-refractivity contribution is 5.74. The van der Waals surface area contributed by atoms with Crippen molar-refractivity contribution in [1.29, 1.82) is 0 Å². The summed E-state index contributed by atoms with van der Waals surface area (Å²) in [5.74, 6) is -0.648. The fourth-order valence-corrected chi connectivity index (χ4v) is 2.74. The molecule has 3 aromatic rings. The number of nitrogens with zero attached hydrogens (tertiary/aromatic N) is 3. The van der Waals surface area contributed by atoms with E-state index in [1.165, 1.54) is 10.8 Å². The maximum absolute atomic E-state index is 12.9. The Bertz CT molecular complexity index is 1080. The number of esters is 1. The van der Waals surface area contributed by atoms with E-state index in [1.54, 1.807) is 37.3 Å². The first kappa shape index (κ1) is 17.4. The van der Waals surface area contributed by atoms with Crippen LogP contribution >= 0.6 is 0 Å². The third-order valence-corrected chi connectivity index (χ3v) is 3.86. The zero-order valence-electron chi connectivity index (χ0n) is 14.2. The Morgan fingerprint density at radius 1 is 1.19 bits per heavy atom. The third kappa shape index (κ3) is 3.34. The summed E-state index contributed by atoms with van der Waals surface area (Å²) in [5, 5.41) is 0.250. The van der Waals surface area contributed by atoms with E-state index in [9.17, 15) is 14.4 Å². The van der Waals surface area contributed by atoms with Gasteiger partial charge in [-0.2, -0.15) is 0 Å². The second-order valence-corrected chi connectivity index (χ2v) is 5.68. The number of carbonyl (C=O) groups is 1. The van der Waals surface area contributed by atoms with E-state index < -0.39 is 23.8 Å². The van der Waals surface area contributed by atoms with Gasteiger partial charge in [0.25, 0.3) is 5.56 Å². The van der Waals surface area contributed by atoms with Crippen LogP contribution < -0.4 is 17.0 Å². The molecule has 1 aromatic carbocycles. The van der Waals surface area contributed by atoms with Gasteiger partial charge in [-0.3, -0.25) is 14.2 Å². The summed E-state index contributed by atoms with van der Waals surface area (Å²) >= 11 is 0. The van der Waals surface area contributed by atoms with Crippen LogP contribution in [0.3, 0.4) is 0 Å². The summed E-state index contributed by atoms with van der Waals surface area (Å²) < 4.78 is 7.08. The molecule has 0 saturated heterocycles. The number of nitrogen functional groups attached to an aromatic ring is 1. The predicted octanol–water partition coefficient (Wildman–Crippen LogP) is 0.752. The van der Waals surface area contributed by atoms with Crippen molar-refractivity contribution in [2.75, 3.05) is 12.3 Å². The first-order valence-electron chi connectivity index (χ1n) is 8.09. The zero-order valence-corrected chi connectivity index (χ0v) is 14.2. The minimum atomic E-state index is -0.648. The van der Waals surface area contributed by atoms with Crippen LogP contribution in [0.4, 0.5) is 5.69 Å². The molecule has 0 aliphatic carbocycles.